The standard InChI is InChI=1S/C15H11N3O3/c19-14-12-3-1-2-4-13(12)15(20)18(14)10-21-17-9-11-5-7-16-8-6-11/h1-9H,10H2. The van der Waals surface area contributed by atoms with E-state index in [-0.39, 0.29) is 18.5 Å². The van der Waals surface area contributed by atoms with E-state index in [4.69, 9.17) is 4.84 Å². The van der Waals surface area contributed by atoms with E-state index in [1.54, 1.807) is 48.8 Å². The van der Waals surface area contributed by atoms with Crippen molar-refractivity contribution in [1.29, 1.82) is 0 Å². The van der Waals surface area contributed by atoms with Gasteiger partial charge in [0.25, 0.3) is 11.8 Å². The second-order valence-electron chi connectivity index (χ2n) is 4.36. The average molecular weight is 281 g/mol. The molecule has 0 saturated heterocycles. The van der Waals surface area contributed by atoms with Gasteiger partial charge >= 0.3 is 0 Å². The summed E-state index contributed by atoms with van der Waals surface area (Å²) in [4.78, 5) is 34.0. The number of hydrogen-bond donors (Lipinski definition) is 0. The molecule has 2 heterocycles. The first-order valence-corrected chi connectivity index (χ1v) is 6.28. The maximum Gasteiger partial charge on any atom is 0.264 e. The van der Waals surface area contributed by atoms with E-state index in [1.807, 2.05) is 0 Å². The number of carbonyl (C=O) groups excluding carboxylic acids is 2. The molecule has 2 amide bonds. The molecule has 0 saturated carbocycles. The van der Waals surface area contributed by atoms with Crippen LogP contribution in [0.3, 0.4) is 0 Å². The molecule has 0 unspecified atom stereocenters. The van der Waals surface area contributed by atoms with Gasteiger partial charge in [0.15, 0.2) is 6.73 Å². The van der Waals surface area contributed by atoms with Gasteiger partial charge in [-0.3, -0.25) is 14.6 Å². The van der Waals surface area contributed by atoms with Crippen LogP contribution < -0.4 is 0 Å². The van der Waals surface area contributed by atoms with Crippen LogP contribution in [0, 0.1) is 0 Å². The number of amides is 2. The van der Waals surface area contributed by atoms with Crippen molar-refractivity contribution in [3.63, 3.8) is 0 Å². The molecule has 0 aliphatic carbocycles. The van der Waals surface area contributed by atoms with Gasteiger partial charge in [-0.2, -0.15) is 0 Å². The number of benzene rings is 1. The number of fused-ring (bicyclic) bond motifs is 1. The lowest BCUT2D eigenvalue weighted by molar-refractivity contribution is 0.0278. The second-order valence-corrected chi connectivity index (χ2v) is 4.36. The minimum Gasteiger partial charge on any atom is -0.373 e. The van der Waals surface area contributed by atoms with Crippen LogP contribution >= 0.6 is 0 Å². The van der Waals surface area contributed by atoms with E-state index in [0.29, 0.717) is 11.1 Å². The Hall–Kier alpha value is -3.02. The zero-order valence-corrected chi connectivity index (χ0v) is 11.0. The van der Waals surface area contributed by atoms with Crippen molar-refractivity contribution in [2.45, 2.75) is 0 Å². The zero-order chi connectivity index (χ0) is 14.7. The summed E-state index contributed by atoms with van der Waals surface area (Å²) in [6, 6.07) is 10.2. The number of aromatic nitrogens is 1. The predicted molar refractivity (Wildman–Crippen MR) is 74.7 cm³/mol. The molecule has 0 bridgehead atoms. The molecule has 1 aromatic carbocycles. The Morgan fingerprint density at radius 2 is 1.67 bits per heavy atom. The number of hydrogen-bond acceptors (Lipinski definition) is 5. The first kappa shape index (κ1) is 13.0. The van der Waals surface area contributed by atoms with Crippen LogP contribution in [-0.4, -0.2) is 34.6 Å². The van der Waals surface area contributed by atoms with E-state index in [2.05, 4.69) is 10.1 Å². The Labute approximate surface area is 120 Å². The summed E-state index contributed by atoms with van der Waals surface area (Å²) in [6.45, 7) is -0.214. The SMILES string of the molecule is O=C1c2ccccc2C(=O)N1CON=Cc1ccncc1. The largest absolute Gasteiger partial charge is 0.373 e. The highest BCUT2D eigenvalue weighted by Gasteiger charge is 2.35. The van der Waals surface area contributed by atoms with Gasteiger partial charge in [-0.05, 0) is 29.8 Å². The van der Waals surface area contributed by atoms with E-state index in [0.717, 1.165) is 10.5 Å². The molecule has 104 valence electrons. The monoisotopic (exact) mass is 281 g/mol. The van der Waals surface area contributed by atoms with Gasteiger partial charge in [-0.1, -0.05) is 17.3 Å². The minimum absolute atomic E-state index is 0.214. The van der Waals surface area contributed by atoms with Crippen LogP contribution in [0.1, 0.15) is 26.3 Å². The Bertz CT molecular complexity index is 678. The summed E-state index contributed by atoms with van der Waals surface area (Å²) < 4.78 is 0. The fourth-order valence-corrected chi connectivity index (χ4v) is 2.00. The zero-order valence-electron chi connectivity index (χ0n) is 11.0. The fourth-order valence-electron chi connectivity index (χ4n) is 2.00. The number of pyridine rings is 1. The highest BCUT2D eigenvalue weighted by atomic mass is 16.6. The molecule has 6 nitrogen and oxygen atoms in total. The molecule has 21 heavy (non-hydrogen) atoms. The third-order valence-corrected chi connectivity index (χ3v) is 3.05. The number of rotatable bonds is 4. The van der Waals surface area contributed by atoms with Crippen molar-refractivity contribution in [3.05, 3.63) is 65.5 Å². The summed E-state index contributed by atoms with van der Waals surface area (Å²) in [5.41, 5.74) is 1.60. The predicted octanol–water partition coefficient (Wildman–Crippen LogP) is 1.69. The van der Waals surface area contributed by atoms with Crippen molar-refractivity contribution < 1.29 is 14.4 Å². The molecule has 1 aliphatic heterocycles. The maximum atomic E-state index is 12.0. The van der Waals surface area contributed by atoms with Gasteiger partial charge in [-0.25, -0.2) is 4.90 Å². The van der Waals surface area contributed by atoms with Crippen molar-refractivity contribution in [2.24, 2.45) is 5.16 Å². The summed E-state index contributed by atoms with van der Waals surface area (Å²) in [5.74, 6) is -0.732. The van der Waals surface area contributed by atoms with E-state index >= 15 is 0 Å². The van der Waals surface area contributed by atoms with Gasteiger partial charge < -0.3 is 4.84 Å². The van der Waals surface area contributed by atoms with Crippen LogP contribution in [-0.2, 0) is 4.84 Å². The molecular formula is C15H11N3O3. The van der Waals surface area contributed by atoms with Gasteiger partial charge in [-0.15, -0.1) is 0 Å². The Kier molecular flexibility index (Phi) is 3.42. The molecule has 6 heteroatoms. The molecule has 0 atom stereocenters. The van der Waals surface area contributed by atoms with Gasteiger partial charge in [0.2, 0.25) is 0 Å². The Morgan fingerprint density at radius 1 is 1.05 bits per heavy atom. The first-order chi connectivity index (χ1) is 10.3. The molecule has 2 aromatic rings. The lowest BCUT2D eigenvalue weighted by Crippen LogP contribution is -2.31. The Balaban J connectivity index is 1.64. The molecule has 0 spiro atoms. The summed E-state index contributed by atoms with van der Waals surface area (Å²) in [7, 11) is 0. The summed E-state index contributed by atoms with van der Waals surface area (Å²) in [5, 5.41) is 3.74. The lowest BCUT2D eigenvalue weighted by atomic mass is 10.1. The topological polar surface area (TPSA) is 71.9 Å². The molecule has 3 rings (SSSR count). The minimum atomic E-state index is -0.366. The summed E-state index contributed by atoms with van der Waals surface area (Å²) in [6.07, 6.45) is 4.75. The molecule has 1 aromatic heterocycles. The van der Waals surface area contributed by atoms with E-state index in [1.165, 1.54) is 6.21 Å². The van der Waals surface area contributed by atoms with Crippen molar-refractivity contribution in [1.82, 2.24) is 9.88 Å². The lowest BCUT2D eigenvalue weighted by Gasteiger charge is -2.11. The fraction of sp³-hybridized carbons (Fsp3) is 0.0667. The highest BCUT2D eigenvalue weighted by molar-refractivity contribution is 6.21. The first-order valence-electron chi connectivity index (χ1n) is 6.28. The number of imide groups is 1. The Morgan fingerprint density at radius 3 is 2.29 bits per heavy atom. The van der Waals surface area contributed by atoms with Crippen LogP contribution in [0.4, 0.5) is 0 Å². The van der Waals surface area contributed by atoms with Crippen molar-refractivity contribution in [2.75, 3.05) is 6.73 Å². The van der Waals surface area contributed by atoms with E-state index < -0.39 is 0 Å². The van der Waals surface area contributed by atoms with Gasteiger partial charge in [0.1, 0.15) is 0 Å². The molecular weight excluding hydrogens is 270 g/mol. The average Bonchev–Trinajstić information content (AvgIpc) is 2.77. The quantitative estimate of drug-likeness (QED) is 0.485. The molecule has 0 fully saturated rings. The molecule has 1 aliphatic rings. The van der Waals surface area contributed by atoms with E-state index in [9.17, 15) is 9.59 Å². The number of nitrogens with zero attached hydrogens (tertiary/aromatic N) is 3. The van der Waals surface area contributed by atoms with Crippen LogP contribution in [0.2, 0.25) is 0 Å². The second kappa shape index (κ2) is 5.54. The smallest absolute Gasteiger partial charge is 0.264 e. The van der Waals surface area contributed by atoms with Crippen molar-refractivity contribution >= 4 is 18.0 Å². The van der Waals surface area contributed by atoms with Gasteiger partial charge in [0.05, 0.1) is 17.3 Å². The third kappa shape index (κ3) is 2.51. The highest BCUT2D eigenvalue weighted by Crippen LogP contribution is 2.21. The molecule has 0 N–H and O–H groups in total. The van der Waals surface area contributed by atoms with Crippen LogP contribution in [0.15, 0.2) is 53.9 Å². The van der Waals surface area contributed by atoms with Gasteiger partial charge in [0, 0.05) is 12.4 Å². The number of oxime groups is 1. The van der Waals surface area contributed by atoms with Crippen molar-refractivity contribution in [3.8, 4) is 0 Å². The molecule has 0 radical (unpaired) electrons. The third-order valence-electron chi connectivity index (χ3n) is 3.05. The van der Waals surface area contributed by atoms with Crippen LogP contribution in [0.25, 0.3) is 0 Å². The number of carbonyl (C=O) groups is 2. The van der Waals surface area contributed by atoms with Crippen LogP contribution in [0.5, 0.6) is 0 Å². The normalized spacial score (nSPS) is 13.8. The maximum absolute atomic E-state index is 12.0. The summed E-state index contributed by atoms with van der Waals surface area (Å²) >= 11 is 0.